The van der Waals surface area contributed by atoms with Crippen molar-refractivity contribution in [2.45, 2.75) is 6.36 Å². The summed E-state index contributed by atoms with van der Waals surface area (Å²) in [6.45, 7) is 0. The molecule has 2 N–H and O–H groups in total. The van der Waals surface area contributed by atoms with Crippen molar-refractivity contribution in [1.29, 1.82) is 0 Å². The smallest absolute Gasteiger partial charge is 0.476 e. The van der Waals surface area contributed by atoms with Crippen LogP contribution < -0.4 is 9.47 Å². The van der Waals surface area contributed by atoms with Gasteiger partial charge in [0.1, 0.15) is 11.5 Å². The van der Waals surface area contributed by atoms with E-state index < -0.39 is 18.1 Å². The number of halogens is 4. The second-order valence-corrected chi connectivity index (χ2v) is 5.52. The molecule has 7 nitrogen and oxygen atoms in total. The third-order valence-corrected chi connectivity index (χ3v) is 3.60. The van der Waals surface area contributed by atoms with Crippen molar-refractivity contribution in [2.24, 2.45) is 0 Å². The number of ether oxygens (including phenoxy) is 2. The highest BCUT2D eigenvalue weighted by molar-refractivity contribution is 6.32. The monoisotopic (exact) mass is 399 g/mol. The molecule has 0 aliphatic carbocycles. The van der Waals surface area contributed by atoms with Gasteiger partial charge in [-0.05, 0) is 35.4 Å². The molecule has 0 radical (unpaired) electrons. The topological polar surface area (TPSA) is 97.3 Å². The number of nitrogens with zero attached hydrogens (tertiary/aromatic N) is 2. The quantitative estimate of drug-likeness (QED) is 0.655. The van der Waals surface area contributed by atoms with Crippen LogP contribution in [0, 0.1) is 0 Å². The van der Waals surface area contributed by atoms with Gasteiger partial charge >= 0.3 is 12.3 Å². The summed E-state index contributed by atoms with van der Waals surface area (Å²) in [4.78, 5) is 11.0. The van der Waals surface area contributed by atoms with Gasteiger partial charge < -0.3 is 14.6 Å². The van der Waals surface area contributed by atoms with Crippen molar-refractivity contribution in [3.8, 4) is 28.5 Å². The Hall–Kier alpha value is -3.27. The lowest BCUT2D eigenvalue weighted by atomic mass is 10.1. The molecule has 3 aromatic rings. The molecule has 1 heterocycles. The second-order valence-electron chi connectivity index (χ2n) is 5.12. The average molecular weight is 400 g/mol. The fraction of sp³-hybridized carbons (Fsp3) is 0.0625. The first-order chi connectivity index (χ1) is 12.7. The number of benzene rings is 2. The van der Waals surface area contributed by atoms with Gasteiger partial charge in [-0.2, -0.15) is 0 Å². The van der Waals surface area contributed by atoms with E-state index in [0.29, 0.717) is 11.1 Å². The maximum atomic E-state index is 12.4. The summed E-state index contributed by atoms with van der Waals surface area (Å²) >= 11 is 5.73. The van der Waals surface area contributed by atoms with E-state index in [9.17, 15) is 18.0 Å². The van der Waals surface area contributed by atoms with Crippen LogP contribution in [0.4, 0.5) is 13.2 Å². The Bertz CT molecular complexity index is 974. The zero-order chi connectivity index (χ0) is 19.6. The molecule has 0 aliphatic heterocycles. The van der Waals surface area contributed by atoms with Crippen LogP contribution >= 0.6 is 11.6 Å². The van der Waals surface area contributed by atoms with Gasteiger partial charge in [-0.3, -0.25) is 0 Å². The first kappa shape index (κ1) is 18.5. The van der Waals surface area contributed by atoms with Crippen LogP contribution in [-0.4, -0.2) is 32.8 Å². The molecule has 0 unspecified atom stereocenters. The Morgan fingerprint density at radius 2 is 1.78 bits per heavy atom. The highest BCUT2D eigenvalue weighted by Crippen LogP contribution is 2.35. The summed E-state index contributed by atoms with van der Waals surface area (Å²) in [5, 5.41) is 17.8. The van der Waals surface area contributed by atoms with Gasteiger partial charge in [0.25, 0.3) is 5.88 Å². The Morgan fingerprint density at radius 3 is 2.41 bits per heavy atom. The standard InChI is InChI=1S/C16H9ClF3N3O4/c17-11-6-3-9(7-12(11)27-16(18,19)20)8-1-4-10(5-2-8)26-14-13(15(24)25)21-23-22-14/h1-7H,(H,24,25)(H,21,22,23). The molecule has 27 heavy (non-hydrogen) atoms. The molecule has 0 aliphatic rings. The summed E-state index contributed by atoms with van der Waals surface area (Å²) in [5.74, 6) is -1.76. The first-order valence-corrected chi connectivity index (χ1v) is 7.58. The number of hydrogen-bond acceptors (Lipinski definition) is 5. The van der Waals surface area contributed by atoms with Crippen LogP contribution in [0.5, 0.6) is 17.4 Å². The van der Waals surface area contributed by atoms with Gasteiger partial charge in [-0.25, -0.2) is 9.89 Å². The van der Waals surface area contributed by atoms with E-state index in [1.54, 1.807) is 12.1 Å². The predicted molar refractivity (Wildman–Crippen MR) is 87.0 cm³/mol. The first-order valence-electron chi connectivity index (χ1n) is 7.21. The molecular weight excluding hydrogens is 391 g/mol. The highest BCUT2D eigenvalue weighted by atomic mass is 35.5. The number of rotatable bonds is 5. The maximum absolute atomic E-state index is 12.4. The summed E-state index contributed by atoms with van der Waals surface area (Å²) in [6.07, 6.45) is -4.86. The minimum Gasteiger partial charge on any atom is -0.476 e. The number of aromatic carboxylic acids is 1. The minimum atomic E-state index is -4.86. The van der Waals surface area contributed by atoms with Crippen LogP contribution in [0.1, 0.15) is 10.5 Å². The lowest BCUT2D eigenvalue weighted by Crippen LogP contribution is -2.17. The molecule has 3 rings (SSSR count). The Morgan fingerprint density at radius 1 is 1.11 bits per heavy atom. The normalized spacial score (nSPS) is 11.3. The van der Waals surface area contributed by atoms with E-state index in [1.165, 1.54) is 24.3 Å². The van der Waals surface area contributed by atoms with Crippen LogP contribution in [0.15, 0.2) is 42.5 Å². The molecule has 0 fully saturated rings. The molecular formula is C16H9ClF3N3O4. The number of carboxylic acids is 1. The molecule has 0 atom stereocenters. The summed E-state index contributed by atoms with van der Waals surface area (Å²) in [5.41, 5.74) is 0.674. The second kappa shape index (κ2) is 7.16. The number of nitrogens with one attached hydrogen (secondary N) is 1. The Labute approximate surface area is 154 Å². The molecule has 2 aromatic carbocycles. The Balaban J connectivity index is 1.82. The van der Waals surface area contributed by atoms with Gasteiger partial charge in [0.2, 0.25) is 5.69 Å². The highest BCUT2D eigenvalue weighted by Gasteiger charge is 2.32. The SMILES string of the molecule is O=C(O)c1[nH]nnc1Oc1ccc(-c2ccc(Cl)c(OC(F)(F)F)c2)cc1. The number of H-pyrrole nitrogens is 1. The zero-order valence-corrected chi connectivity index (χ0v) is 13.9. The molecule has 140 valence electrons. The fourth-order valence-corrected chi connectivity index (χ4v) is 2.30. The molecule has 0 spiro atoms. The van der Waals surface area contributed by atoms with Gasteiger partial charge in [0.15, 0.2) is 0 Å². The van der Waals surface area contributed by atoms with E-state index in [4.69, 9.17) is 21.4 Å². The number of aromatic nitrogens is 3. The lowest BCUT2D eigenvalue weighted by Gasteiger charge is -2.12. The van der Waals surface area contributed by atoms with Crippen molar-refractivity contribution in [3.05, 3.63) is 53.2 Å². The lowest BCUT2D eigenvalue weighted by molar-refractivity contribution is -0.274. The molecule has 0 saturated carbocycles. The van der Waals surface area contributed by atoms with Crippen molar-refractivity contribution in [3.63, 3.8) is 0 Å². The number of carbonyl (C=O) groups is 1. The van der Waals surface area contributed by atoms with Gasteiger partial charge in [0.05, 0.1) is 5.02 Å². The molecule has 1 aromatic heterocycles. The van der Waals surface area contributed by atoms with Crippen molar-refractivity contribution < 1.29 is 32.5 Å². The predicted octanol–water partition coefficient (Wildman–Crippen LogP) is 4.51. The number of aromatic amines is 1. The third-order valence-electron chi connectivity index (χ3n) is 3.29. The molecule has 0 saturated heterocycles. The average Bonchev–Trinajstić information content (AvgIpc) is 3.05. The maximum Gasteiger partial charge on any atom is 0.573 e. The van der Waals surface area contributed by atoms with Crippen molar-refractivity contribution >= 4 is 17.6 Å². The summed E-state index contributed by atoms with van der Waals surface area (Å²) in [7, 11) is 0. The Kier molecular flexibility index (Phi) is 4.91. The van der Waals surface area contributed by atoms with Crippen LogP contribution in [0.3, 0.4) is 0 Å². The third kappa shape index (κ3) is 4.47. The molecule has 11 heteroatoms. The minimum absolute atomic E-state index is 0.178. The number of alkyl halides is 3. The van der Waals surface area contributed by atoms with Crippen LogP contribution in [0.2, 0.25) is 5.02 Å². The zero-order valence-electron chi connectivity index (χ0n) is 13.1. The molecule has 0 bridgehead atoms. The summed E-state index contributed by atoms with van der Waals surface area (Å²) in [6, 6.07) is 10.1. The van der Waals surface area contributed by atoms with E-state index in [1.807, 2.05) is 0 Å². The van der Waals surface area contributed by atoms with Crippen molar-refractivity contribution in [2.75, 3.05) is 0 Å². The number of hydrogen-bond donors (Lipinski definition) is 2. The number of carboxylic acid groups (broad SMARTS) is 1. The molecule has 0 amide bonds. The van der Waals surface area contributed by atoms with Gasteiger partial charge in [-0.1, -0.05) is 40.1 Å². The van der Waals surface area contributed by atoms with E-state index in [0.717, 1.165) is 6.07 Å². The van der Waals surface area contributed by atoms with Crippen LogP contribution in [-0.2, 0) is 0 Å². The van der Waals surface area contributed by atoms with Gasteiger partial charge in [0, 0.05) is 0 Å². The van der Waals surface area contributed by atoms with Crippen molar-refractivity contribution in [1.82, 2.24) is 15.4 Å². The van der Waals surface area contributed by atoms with Gasteiger partial charge in [-0.15, -0.1) is 13.2 Å². The van der Waals surface area contributed by atoms with E-state index in [-0.39, 0.29) is 22.3 Å². The van der Waals surface area contributed by atoms with E-state index >= 15 is 0 Å². The van der Waals surface area contributed by atoms with E-state index in [2.05, 4.69) is 20.1 Å². The largest absolute Gasteiger partial charge is 0.573 e. The summed E-state index contributed by atoms with van der Waals surface area (Å²) < 4.78 is 46.5. The fourth-order valence-electron chi connectivity index (χ4n) is 2.14. The van der Waals surface area contributed by atoms with Crippen LogP contribution in [0.25, 0.3) is 11.1 Å².